The second kappa shape index (κ2) is 5.53. The van der Waals surface area contributed by atoms with Crippen LogP contribution in [0.4, 0.5) is 8.78 Å². The lowest BCUT2D eigenvalue weighted by atomic mass is 10.2. The molecule has 0 fully saturated rings. The highest BCUT2D eigenvalue weighted by molar-refractivity contribution is 5.86. The molecule has 0 aliphatic rings. The van der Waals surface area contributed by atoms with Crippen LogP contribution in [0.15, 0.2) is 0 Å². The molecule has 0 aliphatic carbocycles. The van der Waals surface area contributed by atoms with Crippen molar-refractivity contribution in [2.24, 2.45) is 0 Å². The molecular weight excluding hydrogens is 220 g/mol. The first kappa shape index (κ1) is 12.5. The van der Waals surface area contributed by atoms with Gasteiger partial charge in [-0.15, -0.1) is 5.10 Å². The van der Waals surface area contributed by atoms with E-state index in [2.05, 4.69) is 10.3 Å². The number of alkyl halides is 2. The molecule has 0 atom stereocenters. The molecule has 0 radical (unpaired) electrons. The summed E-state index contributed by atoms with van der Waals surface area (Å²) < 4.78 is 26.2. The molecule has 0 aliphatic heterocycles. The number of aryl methyl sites for hydroxylation is 1. The SMILES string of the molecule is CCCCCn1nnc(C(=O)O)c1C(F)F. The molecule has 0 aromatic carbocycles. The average molecular weight is 233 g/mol. The topological polar surface area (TPSA) is 68.0 Å². The van der Waals surface area contributed by atoms with Crippen LogP contribution >= 0.6 is 0 Å². The number of aromatic nitrogens is 3. The van der Waals surface area contributed by atoms with Crippen molar-refractivity contribution in [1.29, 1.82) is 0 Å². The van der Waals surface area contributed by atoms with Crippen molar-refractivity contribution in [2.75, 3.05) is 0 Å². The fourth-order valence-corrected chi connectivity index (χ4v) is 1.37. The number of rotatable bonds is 6. The van der Waals surface area contributed by atoms with Crippen molar-refractivity contribution < 1.29 is 18.7 Å². The van der Waals surface area contributed by atoms with Crippen LogP contribution in [0, 0.1) is 0 Å². The van der Waals surface area contributed by atoms with Gasteiger partial charge in [-0.1, -0.05) is 25.0 Å². The molecule has 7 heteroatoms. The molecule has 5 nitrogen and oxygen atoms in total. The van der Waals surface area contributed by atoms with Crippen LogP contribution < -0.4 is 0 Å². The van der Waals surface area contributed by atoms with Gasteiger partial charge in [0.2, 0.25) is 0 Å². The molecule has 90 valence electrons. The smallest absolute Gasteiger partial charge is 0.358 e. The van der Waals surface area contributed by atoms with Gasteiger partial charge in [-0.05, 0) is 6.42 Å². The van der Waals surface area contributed by atoms with Crippen molar-refractivity contribution in [3.05, 3.63) is 11.4 Å². The summed E-state index contributed by atoms with van der Waals surface area (Å²) in [6.07, 6.45) is -0.364. The van der Waals surface area contributed by atoms with Crippen LogP contribution in [0.2, 0.25) is 0 Å². The molecule has 16 heavy (non-hydrogen) atoms. The van der Waals surface area contributed by atoms with Gasteiger partial charge >= 0.3 is 5.97 Å². The average Bonchev–Trinajstić information content (AvgIpc) is 2.62. The van der Waals surface area contributed by atoms with Gasteiger partial charge in [0.1, 0.15) is 5.69 Å². The Morgan fingerprint density at radius 1 is 1.50 bits per heavy atom. The summed E-state index contributed by atoms with van der Waals surface area (Å²) in [7, 11) is 0. The Labute approximate surface area is 91.1 Å². The number of aromatic carboxylic acids is 1. The first-order valence-corrected chi connectivity index (χ1v) is 5.02. The van der Waals surface area contributed by atoms with Crippen LogP contribution in [-0.2, 0) is 6.54 Å². The lowest BCUT2D eigenvalue weighted by Gasteiger charge is -2.05. The Bertz CT molecular complexity index is 366. The van der Waals surface area contributed by atoms with Gasteiger partial charge in [0.05, 0.1) is 0 Å². The first-order chi connectivity index (χ1) is 7.57. The molecule has 0 unspecified atom stereocenters. The zero-order valence-electron chi connectivity index (χ0n) is 8.86. The number of carboxylic acids is 1. The fourth-order valence-electron chi connectivity index (χ4n) is 1.37. The van der Waals surface area contributed by atoms with Gasteiger partial charge in [0.25, 0.3) is 6.43 Å². The minimum atomic E-state index is -2.87. The monoisotopic (exact) mass is 233 g/mol. The third-order valence-electron chi connectivity index (χ3n) is 2.16. The van der Waals surface area contributed by atoms with Crippen molar-refractivity contribution in [3.8, 4) is 0 Å². The summed E-state index contributed by atoms with van der Waals surface area (Å²) in [4.78, 5) is 10.6. The second-order valence-electron chi connectivity index (χ2n) is 3.36. The zero-order valence-corrected chi connectivity index (χ0v) is 8.86. The van der Waals surface area contributed by atoms with Gasteiger partial charge in [0, 0.05) is 6.54 Å². The summed E-state index contributed by atoms with van der Waals surface area (Å²) in [6, 6.07) is 0. The lowest BCUT2D eigenvalue weighted by molar-refractivity contribution is 0.0675. The number of hydrogen-bond acceptors (Lipinski definition) is 3. The van der Waals surface area contributed by atoms with Crippen molar-refractivity contribution >= 4 is 5.97 Å². The summed E-state index contributed by atoms with van der Waals surface area (Å²) in [5.41, 5.74) is -1.27. The third-order valence-corrected chi connectivity index (χ3v) is 2.16. The van der Waals surface area contributed by atoms with Gasteiger partial charge in [-0.2, -0.15) is 0 Å². The fraction of sp³-hybridized carbons (Fsp3) is 0.667. The van der Waals surface area contributed by atoms with Crippen LogP contribution in [0.3, 0.4) is 0 Å². The van der Waals surface area contributed by atoms with Crippen molar-refractivity contribution in [1.82, 2.24) is 15.0 Å². The molecular formula is C9H13F2N3O2. The van der Waals surface area contributed by atoms with E-state index in [1.165, 1.54) is 0 Å². The minimum Gasteiger partial charge on any atom is -0.476 e. The van der Waals surface area contributed by atoms with Crippen LogP contribution in [-0.4, -0.2) is 26.1 Å². The highest BCUT2D eigenvalue weighted by Crippen LogP contribution is 2.21. The number of carboxylic acid groups (broad SMARTS) is 1. The maximum Gasteiger partial charge on any atom is 0.358 e. The van der Waals surface area contributed by atoms with E-state index in [9.17, 15) is 13.6 Å². The van der Waals surface area contributed by atoms with Gasteiger partial charge < -0.3 is 5.11 Å². The Balaban J connectivity index is 2.87. The predicted molar refractivity (Wildman–Crippen MR) is 51.5 cm³/mol. The Morgan fingerprint density at radius 2 is 2.19 bits per heavy atom. The number of nitrogens with zero attached hydrogens (tertiary/aromatic N) is 3. The van der Waals surface area contributed by atoms with E-state index in [0.29, 0.717) is 6.42 Å². The third kappa shape index (κ3) is 2.74. The number of carbonyl (C=O) groups is 1. The first-order valence-electron chi connectivity index (χ1n) is 5.02. The van der Waals surface area contributed by atoms with Crippen LogP contribution in [0.25, 0.3) is 0 Å². The van der Waals surface area contributed by atoms with E-state index in [1.807, 2.05) is 6.92 Å². The van der Waals surface area contributed by atoms with E-state index in [-0.39, 0.29) is 6.54 Å². The van der Waals surface area contributed by atoms with E-state index in [0.717, 1.165) is 17.5 Å². The van der Waals surface area contributed by atoms with E-state index in [1.54, 1.807) is 0 Å². The Hall–Kier alpha value is -1.53. The van der Waals surface area contributed by atoms with E-state index >= 15 is 0 Å². The molecule has 1 aromatic rings. The molecule has 0 spiro atoms. The minimum absolute atomic E-state index is 0.272. The number of hydrogen-bond donors (Lipinski definition) is 1. The van der Waals surface area contributed by atoms with E-state index in [4.69, 9.17) is 5.11 Å². The number of unbranched alkanes of at least 4 members (excludes halogenated alkanes) is 2. The standard InChI is InChI=1S/C9H13F2N3O2/c1-2-3-4-5-14-7(8(10)11)6(9(15)16)12-13-14/h8H,2-5H2,1H3,(H,15,16). The molecule has 0 saturated heterocycles. The molecule has 1 aromatic heterocycles. The predicted octanol–water partition coefficient (Wildman–Crippen LogP) is 2.10. The Morgan fingerprint density at radius 3 is 2.69 bits per heavy atom. The molecule has 0 bridgehead atoms. The zero-order chi connectivity index (χ0) is 12.1. The maximum absolute atomic E-state index is 12.6. The summed E-state index contributed by atoms with van der Waals surface area (Å²) in [5, 5.41) is 15.3. The summed E-state index contributed by atoms with van der Waals surface area (Å²) >= 11 is 0. The lowest BCUT2D eigenvalue weighted by Crippen LogP contribution is -2.09. The van der Waals surface area contributed by atoms with Crippen LogP contribution in [0.5, 0.6) is 0 Å². The molecule has 1 rings (SSSR count). The van der Waals surface area contributed by atoms with Gasteiger partial charge in [-0.25, -0.2) is 18.3 Å². The summed E-state index contributed by atoms with van der Waals surface area (Å²) in [6.45, 7) is 2.26. The van der Waals surface area contributed by atoms with Crippen molar-refractivity contribution in [2.45, 2.75) is 39.2 Å². The largest absolute Gasteiger partial charge is 0.476 e. The highest BCUT2D eigenvalue weighted by Gasteiger charge is 2.25. The van der Waals surface area contributed by atoms with Crippen LogP contribution in [0.1, 0.15) is 48.8 Å². The molecule has 1 N–H and O–H groups in total. The number of halogens is 2. The molecule has 0 amide bonds. The molecule has 0 saturated carbocycles. The van der Waals surface area contributed by atoms with E-state index < -0.39 is 23.8 Å². The summed E-state index contributed by atoms with van der Waals surface area (Å²) in [5.74, 6) is -1.47. The van der Waals surface area contributed by atoms with Gasteiger partial charge in [0.15, 0.2) is 5.69 Å². The quantitative estimate of drug-likeness (QED) is 0.764. The van der Waals surface area contributed by atoms with Crippen molar-refractivity contribution in [3.63, 3.8) is 0 Å². The Kier molecular flexibility index (Phi) is 4.33. The normalized spacial score (nSPS) is 11.0. The second-order valence-corrected chi connectivity index (χ2v) is 3.36. The molecule has 1 heterocycles. The highest BCUT2D eigenvalue weighted by atomic mass is 19.3. The maximum atomic E-state index is 12.6. The van der Waals surface area contributed by atoms with Gasteiger partial charge in [-0.3, -0.25) is 0 Å².